The van der Waals surface area contributed by atoms with Gasteiger partial charge in [-0.15, -0.1) is 0 Å². The summed E-state index contributed by atoms with van der Waals surface area (Å²) < 4.78 is 2.05. The smallest absolute Gasteiger partial charge is 0.224 e. The van der Waals surface area contributed by atoms with Crippen LogP contribution in [-0.2, 0) is 5.54 Å². The topological polar surface area (TPSA) is 47.8 Å². The molecule has 0 bridgehead atoms. The monoisotopic (exact) mass is 263 g/mol. The van der Waals surface area contributed by atoms with Crippen molar-refractivity contribution in [3.8, 4) is 0 Å². The zero-order valence-corrected chi connectivity index (χ0v) is 11.1. The molecule has 3 rings (SSSR count). The molecule has 1 saturated carbocycles. The highest BCUT2D eigenvalue weighted by molar-refractivity contribution is 6.28. The number of halogens is 1. The van der Waals surface area contributed by atoms with Crippen LogP contribution in [0.3, 0.4) is 0 Å². The molecule has 1 fully saturated rings. The molecule has 18 heavy (non-hydrogen) atoms. The average Bonchev–Trinajstić information content (AvgIpc) is 3.06. The number of aromatic nitrogens is 3. The molecule has 0 radical (unpaired) electrons. The minimum absolute atomic E-state index is 0.0235. The van der Waals surface area contributed by atoms with Crippen molar-refractivity contribution in [2.24, 2.45) is 5.92 Å². The predicted octanol–water partition coefficient (Wildman–Crippen LogP) is 3.04. The fraction of sp³-hybridized carbons (Fsp3) is 0.462. The van der Waals surface area contributed by atoms with E-state index in [0.29, 0.717) is 11.6 Å². The van der Waals surface area contributed by atoms with Crippen LogP contribution < -0.4 is 0 Å². The molecule has 0 atom stereocenters. The number of hydrogen-bond acceptors (Lipinski definition) is 3. The summed E-state index contributed by atoms with van der Waals surface area (Å²) in [6.45, 7) is 4.35. The lowest BCUT2D eigenvalue weighted by atomic mass is 10.0. The third kappa shape index (κ3) is 1.48. The Labute approximate surface area is 110 Å². The zero-order chi connectivity index (χ0) is 12.9. The number of fused-ring (bicyclic) bond motifs is 1. The molecule has 5 heteroatoms. The van der Waals surface area contributed by atoms with E-state index in [4.69, 9.17) is 11.6 Å². The number of hydrogen-bond donors (Lipinski definition) is 0. The maximum Gasteiger partial charge on any atom is 0.224 e. The van der Waals surface area contributed by atoms with Crippen molar-refractivity contribution >= 4 is 28.9 Å². The molecule has 1 aliphatic carbocycles. The van der Waals surface area contributed by atoms with Crippen molar-refractivity contribution in [2.75, 3.05) is 0 Å². The molecular weight excluding hydrogens is 250 g/mol. The zero-order valence-electron chi connectivity index (χ0n) is 10.4. The number of aldehydes is 1. The number of rotatable bonds is 3. The normalized spacial score (nSPS) is 17.3. The van der Waals surface area contributed by atoms with Crippen LogP contribution in [0.25, 0.3) is 11.0 Å². The standard InChI is InChI=1S/C13H14ClN3O/c1-8(2)13(3-4-13)17-10(7-18)5-9-6-15-12(14)16-11(9)17/h5-8H,3-4H2,1-2H3. The second-order valence-electron chi connectivity index (χ2n) is 5.20. The summed E-state index contributed by atoms with van der Waals surface area (Å²) in [5, 5.41) is 1.09. The molecule has 0 unspecified atom stereocenters. The quantitative estimate of drug-likeness (QED) is 0.632. The Bertz CT molecular complexity index is 628. The Hall–Kier alpha value is -1.42. The summed E-state index contributed by atoms with van der Waals surface area (Å²) >= 11 is 5.87. The van der Waals surface area contributed by atoms with Gasteiger partial charge in [0.2, 0.25) is 5.28 Å². The highest BCUT2D eigenvalue weighted by Crippen LogP contribution is 2.51. The van der Waals surface area contributed by atoms with E-state index in [0.717, 1.165) is 30.2 Å². The van der Waals surface area contributed by atoms with Crippen molar-refractivity contribution in [3.05, 3.63) is 23.2 Å². The van der Waals surface area contributed by atoms with E-state index in [9.17, 15) is 4.79 Å². The van der Waals surface area contributed by atoms with Gasteiger partial charge in [0, 0.05) is 17.1 Å². The maximum atomic E-state index is 11.3. The lowest BCUT2D eigenvalue weighted by Crippen LogP contribution is -2.25. The second-order valence-corrected chi connectivity index (χ2v) is 5.54. The van der Waals surface area contributed by atoms with E-state index in [1.807, 2.05) is 10.6 Å². The highest BCUT2D eigenvalue weighted by Gasteiger charge is 2.49. The molecule has 0 N–H and O–H groups in total. The van der Waals surface area contributed by atoms with Gasteiger partial charge in [0.1, 0.15) is 5.65 Å². The van der Waals surface area contributed by atoms with Crippen LogP contribution in [0.4, 0.5) is 0 Å². The molecule has 0 amide bonds. The largest absolute Gasteiger partial charge is 0.316 e. The Morgan fingerprint density at radius 3 is 2.78 bits per heavy atom. The fourth-order valence-corrected chi connectivity index (χ4v) is 2.86. The van der Waals surface area contributed by atoms with Crippen LogP contribution in [0, 0.1) is 5.92 Å². The van der Waals surface area contributed by atoms with Gasteiger partial charge in [-0.05, 0) is 36.4 Å². The van der Waals surface area contributed by atoms with Crippen molar-refractivity contribution in [3.63, 3.8) is 0 Å². The summed E-state index contributed by atoms with van der Waals surface area (Å²) in [6, 6.07) is 1.83. The second kappa shape index (κ2) is 3.79. The molecule has 2 aromatic heterocycles. The van der Waals surface area contributed by atoms with Crippen LogP contribution in [0.5, 0.6) is 0 Å². The summed E-state index contributed by atoms with van der Waals surface area (Å²) in [7, 11) is 0. The van der Waals surface area contributed by atoms with Crippen molar-refractivity contribution in [2.45, 2.75) is 32.2 Å². The number of carbonyl (C=O) groups is 1. The van der Waals surface area contributed by atoms with Crippen molar-refractivity contribution in [1.82, 2.24) is 14.5 Å². The van der Waals surface area contributed by atoms with Gasteiger partial charge in [-0.25, -0.2) is 4.98 Å². The summed E-state index contributed by atoms with van der Waals surface area (Å²) in [4.78, 5) is 19.5. The van der Waals surface area contributed by atoms with Gasteiger partial charge in [0.25, 0.3) is 0 Å². The predicted molar refractivity (Wildman–Crippen MR) is 70.0 cm³/mol. The Kier molecular flexibility index (Phi) is 2.45. The molecule has 0 aliphatic heterocycles. The average molecular weight is 264 g/mol. The lowest BCUT2D eigenvalue weighted by Gasteiger charge is -2.24. The number of nitrogens with zero attached hydrogens (tertiary/aromatic N) is 3. The van der Waals surface area contributed by atoms with Gasteiger partial charge in [0.05, 0.1) is 5.69 Å². The van der Waals surface area contributed by atoms with Gasteiger partial charge >= 0.3 is 0 Å². The van der Waals surface area contributed by atoms with Crippen molar-refractivity contribution < 1.29 is 4.79 Å². The molecule has 0 spiro atoms. The molecule has 1 aliphatic rings. The number of carbonyl (C=O) groups excluding carboxylic acids is 1. The van der Waals surface area contributed by atoms with Crippen LogP contribution in [0.15, 0.2) is 12.3 Å². The van der Waals surface area contributed by atoms with Crippen LogP contribution >= 0.6 is 11.6 Å². The molecular formula is C13H14ClN3O. The van der Waals surface area contributed by atoms with Crippen LogP contribution in [-0.4, -0.2) is 20.8 Å². The minimum Gasteiger partial charge on any atom is -0.316 e. The first kappa shape index (κ1) is 11.7. The first-order chi connectivity index (χ1) is 8.58. The van der Waals surface area contributed by atoms with Gasteiger partial charge < -0.3 is 4.57 Å². The molecule has 94 valence electrons. The molecule has 2 aromatic rings. The Balaban J connectivity index is 2.32. The van der Waals surface area contributed by atoms with E-state index in [-0.39, 0.29) is 10.8 Å². The van der Waals surface area contributed by atoms with E-state index >= 15 is 0 Å². The molecule has 4 nitrogen and oxygen atoms in total. The summed E-state index contributed by atoms with van der Waals surface area (Å²) in [5.74, 6) is 0.459. The maximum absolute atomic E-state index is 11.3. The minimum atomic E-state index is 0.0235. The van der Waals surface area contributed by atoms with E-state index in [1.165, 1.54) is 0 Å². The van der Waals surface area contributed by atoms with Gasteiger partial charge in [0.15, 0.2) is 6.29 Å². The third-order valence-electron chi connectivity index (χ3n) is 3.94. The van der Waals surface area contributed by atoms with Gasteiger partial charge in [-0.2, -0.15) is 4.98 Å². The molecule has 0 aromatic carbocycles. The van der Waals surface area contributed by atoms with Crippen LogP contribution in [0.1, 0.15) is 37.2 Å². The third-order valence-corrected chi connectivity index (χ3v) is 4.13. The lowest BCUT2D eigenvalue weighted by molar-refractivity contribution is 0.111. The Morgan fingerprint density at radius 1 is 1.50 bits per heavy atom. The first-order valence-electron chi connectivity index (χ1n) is 6.08. The first-order valence-corrected chi connectivity index (χ1v) is 6.46. The Morgan fingerprint density at radius 2 is 2.22 bits per heavy atom. The van der Waals surface area contributed by atoms with Crippen molar-refractivity contribution in [1.29, 1.82) is 0 Å². The van der Waals surface area contributed by atoms with Gasteiger partial charge in [-0.1, -0.05) is 13.8 Å². The highest BCUT2D eigenvalue weighted by atomic mass is 35.5. The van der Waals surface area contributed by atoms with Gasteiger partial charge in [-0.3, -0.25) is 4.79 Å². The molecule has 2 heterocycles. The summed E-state index contributed by atoms with van der Waals surface area (Å²) in [6.07, 6.45) is 4.72. The molecule has 0 saturated heterocycles. The summed E-state index contributed by atoms with van der Waals surface area (Å²) in [5.41, 5.74) is 1.45. The fourth-order valence-electron chi connectivity index (χ4n) is 2.73. The van der Waals surface area contributed by atoms with E-state index in [1.54, 1.807) is 6.20 Å². The van der Waals surface area contributed by atoms with Crippen LogP contribution in [0.2, 0.25) is 5.28 Å². The van der Waals surface area contributed by atoms with E-state index in [2.05, 4.69) is 23.8 Å². The SMILES string of the molecule is CC(C)C1(n2c(C=O)cc3cnc(Cl)nc32)CC1. The van der Waals surface area contributed by atoms with E-state index < -0.39 is 0 Å².